The third kappa shape index (κ3) is 2.77. The maximum Gasteiger partial charge on any atom is 0.176 e. The van der Waals surface area contributed by atoms with Gasteiger partial charge >= 0.3 is 0 Å². The molecule has 2 N–H and O–H groups in total. The fraction of sp³-hybridized carbons (Fsp3) is 0.333. The first kappa shape index (κ1) is 9.36. The Morgan fingerprint density at radius 3 is 2.70 bits per heavy atom. The molecule has 0 aromatic carbocycles. The smallest absolute Gasteiger partial charge is 0.176 e. The van der Waals surface area contributed by atoms with Crippen molar-refractivity contribution in [2.24, 2.45) is 10.7 Å². The summed E-state index contributed by atoms with van der Waals surface area (Å²) in [4.78, 5) is 14.5. The van der Waals surface area contributed by atoms with Crippen LogP contribution in [0.5, 0.6) is 0 Å². The predicted molar refractivity (Wildman–Crippen MR) is 45.5 cm³/mol. The molecule has 0 heterocycles. The van der Waals surface area contributed by atoms with Gasteiger partial charge in [-0.2, -0.15) is 0 Å². The van der Waals surface area contributed by atoms with Crippen LogP contribution >= 0.6 is 15.9 Å². The lowest BCUT2D eigenvalue weighted by atomic mass is 10.2. The number of nitrogens with zero attached hydrogens (tertiary/aromatic N) is 1. The number of carbonyl (C=O) groups is 1. The number of Topliss-reactive ketones (excluding diaryl/α,β-unsaturated/α-hetero) is 1. The van der Waals surface area contributed by atoms with Crippen LogP contribution in [0.2, 0.25) is 0 Å². The van der Waals surface area contributed by atoms with Crippen LogP contribution in [0.15, 0.2) is 16.8 Å². The summed E-state index contributed by atoms with van der Waals surface area (Å²) < 4.78 is 0. The molecule has 0 unspecified atom stereocenters. The molecule has 0 saturated carbocycles. The number of halogens is 1. The van der Waals surface area contributed by atoms with Crippen molar-refractivity contribution in [2.45, 2.75) is 0 Å². The number of aliphatic imine (C=N–C) groups is 1. The van der Waals surface area contributed by atoms with Crippen LogP contribution in [0.1, 0.15) is 0 Å². The number of hydrogen-bond donors (Lipinski definition) is 1. The number of nitrogens with two attached hydrogens (primary N) is 1. The topological polar surface area (TPSA) is 55.4 Å². The summed E-state index contributed by atoms with van der Waals surface area (Å²) in [5.74, 6) is -0.0619. The summed E-state index contributed by atoms with van der Waals surface area (Å²) in [7, 11) is 1.59. The summed E-state index contributed by atoms with van der Waals surface area (Å²) in [6.07, 6.45) is 2.68. The standard InChI is InChI=1S/C6H9BrN2O/c1-9-4-5(3-8)6(10)2-7/h3-4H,2,8H2,1H3. The minimum absolute atomic E-state index is 0.0619. The van der Waals surface area contributed by atoms with Gasteiger partial charge in [-0.05, 0) is 0 Å². The Bertz CT molecular complexity index is 175. The van der Waals surface area contributed by atoms with E-state index in [1.165, 1.54) is 12.4 Å². The van der Waals surface area contributed by atoms with Crippen molar-refractivity contribution in [1.82, 2.24) is 0 Å². The van der Waals surface area contributed by atoms with Crippen LogP contribution < -0.4 is 5.73 Å². The quantitative estimate of drug-likeness (QED) is 0.414. The van der Waals surface area contributed by atoms with Crippen molar-refractivity contribution < 1.29 is 4.79 Å². The zero-order valence-electron chi connectivity index (χ0n) is 5.67. The summed E-state index contributed by atoms with van der Waals surface area (Å²) in [6, 6.07) is 0. The first-order valence-electron chi connectivity index (χ1n) is 2.69. The van der Waals surface area contributed by atoms with E-state index in [4.69, 9.17) is 5.73 Å². The van der Waals surface area contributed by atoms with Crippen LogP contribution in [0.25, 0.3) is 0 Å². The first-order valence-corrected chi connectivity index (χ1v) is 3.81. The molecule has 0 amide bonds. The Morgan fingerprint density at radius 1 is 1.80 bits per heavy atom. The van der Waals surface area contributed by atoms with Gasteiger partial charge < -0.3 is 5.73 Å². The molecule has 0 rings (SSSR count). The van der Waals surface area contributed by atoms with Gasteiger partial charge in [0.1, 0.15) is 0 Å². The lowest BCUT2D eigenvalue weighted by Gasteiger charge is -1.92. The van der Waals surface area contributed by atoms with E-state index >= 15 is 0 Å². The van der Waals surface area contributed by atoms with Gasteiger partial charge in [0.25, 0.3) is 0 Å². The number of carbonyl (C=O) groups excluding carboxylic acids is 1. The highest BCUT2D eigenvalue weighted by molar-refractivity contribution is 9.09. The van der Waals surface area contributed by atoms with E-state index in [2.05, 4.69) is 20.9 Å². The molecule has 0 radical (unpaired) electrons. The molecule has 10 heavy (non-hydrogen) atoms. The number of ketones is 1. The molecular weight excluding hydrogens is 196 g/mol. The van der Waals surface area contributed by atoms with E-state index in [1.54, 1.807) is 7.05 Å². The van der Waals surface area contributed by atoms with E-state index in [-0.39, 0.29) is 11.1 Å². The summed E-state index contributed by atoms with van der Waals surface area (Å²) in [6.45, 7) is 0. The van der Waals surface area contributed by atoms with Crippen molar-refractivity contribution in [2.75, 3.05) is 12.4 Å². The SMILES string of the molecule is CN=CC(=CN)C(=O)CBr. The Morgan fingerprint density at radius 2 is 2.40 bits per heavy atom. The first-order chi connectivity index (χ1) is 4.76. The van der Waals surface area contributed by atoms with Crippen molar-refractivity contribution in [3.63, 3.8) is 0 Å². The second-order valence-electron chi connectivity index (χ2n) is 1.57. The monoisotopic (exact) mass is 204 g/mol. The highest BCUT2D eigenvalue weighted by Crippen LogP contribution is 1.93. The number of alkyl halides is 1. The average Bonchev–Trinajstić information content (AvgIpc) is 1.99. The maximum atomic E-state index is 10.8. The Hall–Kier alpha value is -0.640. The summed E-state index contributed by atoms with van der Waals surface area (Å²) in [5.41, 5.74) is 5.57. The molecule has 4 heteroatoms. The fourth-order valence-corrected chi connectivity index (χ4v) is 0.748. The lowest BCUT2D eigenvalue weighted by molar-refractivity contribution is -0.112. The Kier molecular flexibility index (Phi) is 4.84. The van der Waals surface area contributed by atoms with Crippen LogP contribution in [0.4, 0.5) is 0 Å². The molecule has 0 bridgehead atoms. The molecular formula is C6H9BrN2O. The third-order valence-electron chi connectivity index (χ3n) is 0.891. The van der Waals surface area contributed by atoms with Crippen LogP contribution in [0, 0.1) is 0 Å². The predicted octanol–water partition coefficient (Wildman–Crippen LogP) is 0.494. The number of hydrogen-bond acceptors (Lipinski definition) is 3. The second-order valence-corrected chi connectivity index (χ2v) is 2.13. The van der Waals surface area contributed by atoms with Crippen LogP contribution in [0.3, 0.4) is 0 Å². The molecule has 0 aliphatic heterocycles. The van der Waals surface area contributed by atoms with Gasteiger partial charge in [0, 0.05) is 19.5 Å². The molecule has 0 aromatic heterocycles. The van der Waals surface area contributed by atoms with E-state index in [0.29, 0.717) is 5.57 Å². The van der Waals surface area contributed by atoms with Gasteiger partial charge in [-0.1, -0.05) is 15.9 Å². The molecule has 0 aromatic rings. The van der Waals surface area contributed by atoms with E-state index in [9.17, 15) is 4.79 Å². The van der Waals surface area contributed by atoms with Gasteiger partial charge in [-0.25, -0.2) is 0 Å². The molecule has 0 atom stereocenters. The maximum absolute atomic E-state index is 10.8. The van der Waals surface area contributed by atoms with Crippen LogP contribution in [-0.4, -0.2) is 24.4 Å². The summed E-state index contributed by atoms with van der Waals surface area (Å²) in [5, 5.41) is 0.280. The number of rotatable bonds is 3. The van der Waals surface area contributed by atoms with Crippen molar-refractivity contribution in [3.8, 4) is 0 Å². The van der Waals surface area contributed by atoms with Crippen molar-refractivity contribution in [1.29, 1.82) is 0 Å². The van der Waals surface area contributed by atoms with E-state index in [1.807, 2.05) is 0 Å². The molecule has 0 spiro atoms. The summed E-state index contributed by atoms with van der Waals surface area (Å²) >= 11 is 3.02. The second kappa shape index (κ2) is 5.17. The van der Waals surface area contributed by atoms with Gasteiger partial charge in [0.2, 0.25) is 0 Å². The van der Waals surface area contributed by atoms with Gasteiger partial charge in [0.15, 0.2) is 5.78 Å². The van der Waals surface area contributed by atoms with Gasteiger partial charge in [-0.3, -0.25) is 9.79 Å². The minimum Gasteiger partial charge on any atom is -0.404 e. The number of allylic oxidation sites excluding steroid dienone is 1. The molecule has 0 fully saturated rings. The van der Waals surface area contributed by atoms with E-state index in [0.717, 1.165) is 0 Å². The lowest BCUT2D eigenvalue weighted by Crippen LogP contribution is -2.06. The highest BCUT2D eigenvalue weighted by atomic mass is 79.9. The highest BCUT2D eigenvalue weighted by Gasteiger charge is 2.02. The largest absolute Gasteiger partial charge is 0.404 e. The van der Waals surface area contributed by atoms with Gasteiger partial charge in [0.05, 0.1) is 10.9 Å². The fourth-order valence-electron chi connectivity index (χ4n) is 0.424. The van der Waals surface area contributed by atoms with Gasteiger partial charge in [-0.15, -0.1) is 0 Å². The average molecular weight is 205 g/mol. The molecule has 0 aliphatic carbocycles. The molecule has 3 nitrogen and oxygen atoms in total. The molecule has 0 saturated heterocycles. The third-order valence-corrected chi connectivity index (χ3v) is 1.40. The minimum atomic E-state index is -0.0619. The van der Waals surface area contributed by atoms with E-state index < -0.39 is 0 Å². The van der Waals surface area contributed by atoms with Crippen LogP contribution in [-0.2, 0) is 4.79 Å². The Balaban J connectivity index is 4.23. The molecule has 0 aliphatic rings. The van der Waals surface area contributed by atoms with Crippen molar-refractivity contribution >= 4 is 27.9 Å². The zero-order chi connectivity index (χ0) is 7.98. The normalized spacial score (nSPS) is 12.4. The zero-order valence-corrected chi connectivity index (χ0v) is 7.26. The Labute approximate surface area is 68.1 Å². The molecule has 56 valence electrons. The van der Waals surface area contributed by atoms with Crippen molar-refractivity contribution in [3.05, 3.63) is 11.8 Å².